The number of fused-ring (bicyclic) bond motifs is 1. The highest BCUT2D eigenvalue weighted by Crippen LogP contribution is 2.18. The van der Waals surface area contributed by atoms with Gasteiger partial charge in [0.05, 0.1) is 32.3 Å². The normalized spacial score (nSPS) is 13.2. The second-order valence-corrected chi connectivity index (χ2v) is 7.77. The third-order valence-electron chi connectivity index (χ3n) is 5.50. The molecule has 2 N–H and O–H groups in total. The summed E-state index contributed by atoms with van der Waals surface area (Å²) in [5.74, 6) is 0.375. The molecule has 2 heterocycles. The number of nitrogens with zero attached hydrogens (tertiary/aromatic N) is 4. The number of nitrogens with two attached hydrogens (primary N) is 1. The molecule has 4 aromatic rings. The van der Waals surface area contributed by atoms with Crippen molar-refractivity contribution in [3.63, 3.8) is 0 Å². The van der Waals surface area contributed by atoms with Crippen molar-refractivity contribution in [3.8, 4) is 0 Å². The lowest BCUT2D eigenvalue weighted by atomic mass is 10.1. The van der Waals surface area contributed by atoms with E-state index in [1.54, 1.807) is 13.4 Å². The van der Waals surface area contributed by atoms with E-state index in [9.17, 15) is 0 Å². The molecule has 8 heteroatoms. The number of ether oxygens (including phenoxy) is 3. The van der Waals surface area contributed by atoms with Crippen LogP contribution in [-0.2, 0) is 34.0 Å². The van der Waals surface area contributed by atoms with Crippen LogP contribution in [0.5, 0.6) is 0 Å². The first kappa shape index (κ1) is 22.8. The molecule has 8 nitrogen and oxygen atoms in total. The summed E-state index contributed by atoms with van der Waals surface area (Å²) >= 11 is 0. The fourth-order valence-corrected chi connectivity index (χ4v) is 3.68. The van der Waals surface area contributed by atoms with Crippen molar-refractivity contribution in [3.05, 3.63) is 84.4 Å². The average molecular weight is 448 g/mol. The molecule has 2 aromatic heterocycles. The van der Waals surface area contributed by atoms with Crippen LogP contribution in [0.2, 0.25) is 0 Å². The number of methoxy groups -OCH3 is 1. The zero-order chi connectivity index (χ0) is 22.9. The van der Waals surface area contributed by atoms with E-state index >= 15 is 0 Å². The van der Waals surface area contributed by atoms with E-state index in [0.29, 0.717) is 49.8 Å². The molecule has 0 amide bonds. The number of rotatable bonds is 12. The Bertz CT molecular complexity index is 1120. The Morgan fingerprint density at radius 3 is 2.27 bits per heavy atom. The number of hydrogen-bond acceptors (Lipinski definition) is 7. The summed E-state index contributed by atoms with van der Waals surface area (Å²) in [4.78, 5) is 12.7. The van der Waals surface area contributed by atoms with Crippen molar-refractivity contribution in [1.29, 1.82) is 0 Å². The third kappa shape index (κ3) is 6.13. The van der Waals surface area contributed by atoms with E-state index in [1.807, 2.05) is 65.2 Å². The Morgan fingerprint density at radius 2 is 1.58 bits per heavy atom. The van der Waals surface area contributed by atoms with Crippen LogP contribution in [0.4, 0.5) is 5.82 Å². The van der Waals surface area contributed by atoms with E-state index in [1.165, 1.54) is 6.33 Å². The fourth-order valence-electron chi connectivity index (χ4n) is 3.68. The molecular weight excluding hydrogens is 418 g/mol. The van der Waals surface area contributed by atoms with Crippen molar-refractivity contribution >= 4 is 17.0 Å². The van der Waals surface area contributed by atoms with Gasteiger partial charge in [-0.15, -0.1) is 0 Å². The monoisotopic (exact) mass is 447 g/mol. The second-order valence-electron chi connectivity index (χ2n) is 7.77. The van der Waals surface area contributed by atoms with Gasteiger partial charge < -0.3 is 24.5 Å². The highest BCUT2D eigenvalue weighted by atomic mass is 16.6. The first-order valence-corrected chi connectivity index (χ1v) is 11.0. The molecule has 0 spiro atoms. The predicted molar refractivity (Wildman–Crippen MR) is 126 cm³/mol. The van der Waals surface area contributed by atoms with Gasteiger partial charge in [0.25, 0.3) is 0 Å². The summed E-state index contributed by atoms with van der Waals surface area (Å²) in [7, 11) is 1.69. The first-order valence-electron chi connectivity index (χ1n) is 11.0. The molecule has 0 aliphatic rings. The van der Waals surface area contributed by atoms with Crippen molar-refractivity contribution in [2.24, 2.45) is 0 Å². The van der Waals surface area contributed by atoms with Gasteiger partial charge in [0.15, 0.2) is 11.5 Å². The Labute approximate surface area is 193 Å². The Morgan fingerprint density at radius 1 is 0.879 bits per heavy atom. The minimum atomic E-state index is -0.230. The zero-order valence-corrected chi connectivity index (χ0v) is 18.7. The van der Waals surface area contributed by atoms with Crippen LogP contribution in [0.25, 0.3) is 11.2 Å². The standard InChI is InChI=1S/C25H29N5O3/c1-31-22(16-32-14-19-8-4-2-5-9-19)21(33-15-20-10-6-3-7-11-20)12-13-30-18-29-23-24(26)27-17-28-25(23)30/h2-11,17-18,21-22H,12-16H2,1H3,(H2,26,27,28)/t21-,22+/m0/s1. The topological polar surface area (TPSA) is 97.3 Å². The Kier molecular flexibility index (Phi) is 7.97. The maximum Gasteiger partial charge on any atom is 0.165 e. The van der Waals surface area contributed by atoms with Crippen molar-refractivity contribution in [2.75, 3.05) is 19.5 Å². The van der Waals surface area contributed by atoms with E-state index in [-0.39, 0.29) is 12.2 Å². The molecular formula is C25H29N5O3. The molecule has 4 rings (SSSR count). The maximum absolute atomic E-state index is 6.32. The minimum absolute atomic E-state index is 0.192. The molecule has 0 bridgehead atoms. The predicted octanol–water partition coefficient (Wildman–Crippen LogP) is 3.62. The highest BCUT2D eigenvalue weighted by molar-refractivity contribution is 5.81. The molecule has 0 saturated heterocycles. The molecule has 0 saturated carbocycles. The number of imidazole rings is 1. The summed E-state index contributed by atoms with van der Waals surface area (Å²) in [6, 6.07) is 20.2. The van der Waals surface area contributed by atoms with Crippen LogP contribution in [0.15, 0.2) is 73.3 Å². The Hall–Kier alpha value is -3.33. The van der Waals surface area contributed by atoms with Crippen LogP contribution >= 0.6 is 0 Å². The van der Waals surface area contributed by atoms with Gasteiger partial charge in [0.1, 0.15) is 17.9 Å². The molecule has 0 radical (unpaired) electrons. The van der Waals surface area contributed by atoms with Gasteiger partial charge in [-0.3, -0.25) is 0 Å². The summed E-state index contributed by atoms with van der Waals surface area (Å²) in [6.07, 6.45) is 3.45. The summed E-state index contributed by atoms with van der Waals surface area (Å²) in [6.45, 7) is 2.08. The average Bonchev–Trinajstić information content (AvgIpc) is 3.28. The lowest BCUT2D eigenvalue weighted by Crippen LogP contribution is -2.35. The number of nitrogen functional groups attached to an aromatic ring is 1. The maximum atomic E-state index is 6.32. The molecule has 33 heavy (non-hydrogen) atoms. The van der Waals surface area contributed by atoms with Crippen LogP contribution in [0.1, 0.15) is 17.5 Å². The quantitative estimate of drug-likeness (QED) is 0.354. The van der Waals surface area contributed by atoms with Crippen molar-refractivity contribution in [1.82, 2.24) is 19.5 Å². The van der Waals surface area contributed by atoms with Crippen LogP contribution in [0.3, 0.4) is 0 Å². The minimum Gasteiger partial charge on any atom is -0.382 e. The lowest BCUT2D eigenvalue weighted by molar-refractivity contribution is -0.101. The van der Waals surface area contributed by atoms with Gasteiger partial charge in [-0.1, -0.05) is 60.7 Å². The molecule has 2 aromatic carbocycles. The Balaban J connectivity index is 1.43. The first-order chi connectivity index (χ1) is 16.2. The van der Waals surface area contributed by atoms with Gasteiger partial charge >= 0.3 is 0 Å². The number of aromatic nitrogens is 4. The number of hydrogen-bond donors (Lipinski definition) is 1. The van der Waals surface area contributed by atoms with E-state index in [4.69, 9.17) is 19.9 Å². The zero-order valence-electron chi connectivity index (χ0n) is 18.7. The van der Waals surface area contributed by atoms with E-state index in [0.717, 1.165) is 11.1 Å². The highest BCUT2D eigenvalue weighted by Gasteiger charge is 2.23. The van der Waals surface area contributed by atoms with Crippen LogP contribution in [0, 0.1) is 0 Å². The smallest absolute Gasteiger partial charge is 0.165 e. The van der Waals surface area contributed by atoms with Gasteiger partial charge in [-0.25, -0.2) is 15.0 Å². The largest absolute Gasteiger partial charge is 0.382 e. The second kappa shape index (κ2) is 11.5. The SMILES string of the molecule is CO[C@H](COCc1ccccc1)[C@H](CCn1cnc2c(N)ncnc21)OCc1ccccc1. The molecule has 2 atom stereocenters. The number of anilines is 1. The van der Waals surface area contributed by atoms with E-state index in [2.05, 4.69) is 15.0 Å². The van der Waals surface area contributed by atoms with Gasteiger partial charge in [0.2, 0.25) is 0 Å². The van der Waals surface area contributed by atoms with Gasteiger partial charge in [-0.2, -0.15) is 0 Å². The molecule has 0 unspecified atom stereocenters. The van der Waals surface area contributed by atoms with Crippen LogP contribution in [-0.4, -0.2) is 45.4 Å². The molecule has 0 aliphatic heterocycles. The third-order valence-corrected chi connectivity index (χ3v) is 5.50. The van der Waals surface area contributed by atoms with Crippen molar-refractivity contribution in [2.45, 2.75) is 38.4 Å². The van der Waals surface area contributed by atoms with Gasteiger partial charge in [0, 0.05) is 13.7 Å². The fraction of sp³-hybridized carbons (Fsp3) is 0.320. The van der Waals surface area contributed by atoms with Gasteiger partial charge in [-0.05, 0) is 17.5 Å². The molecule has 0 aliphatic carbocycles. The summed E-state index contributed by atoms with van der Waals surface area (Å²) in [5.41, 5.74) is 9.46. The summed E-state index contributed by atoms with van der Waals surface area (Å²) < 4.78 is 20.0. The summed E-state index contributed by atoms with van der Waals surface area (Å²) in [5, 5.41) is 0. The van der Waals surface area contributed by atoms with Crippen LogP contribution < -0.4 is 5.73 Å². The number of aryl methyl sites for hydroxylation is 1. The molecule has 0 fully saturated rings. The van der Waals surface area contributed by atoms with Crippen molar-refractivity contribution < 1.29 is 14.2 Å². The van der Waals surface area contributed by atoms with E-state index < -0.39 is 0 Å². The molecule has 172 valence electrons. The number of benzene rings is 2. The lowest BCUT2D eigenvalue weighted by Gasteiger charge is -2.26.